The second-order valence-electron chi connectivity index (χ2n) is 25.2. The van der Waals surface area contributed by atoms with Gasteiger partial charge >= 0.3 is 0 Å². The van der Waals surface area contributed by atoms with Gasteiger partial charge in [-0.1, -0.05) is 236 Å². The molecule has 4 nitrogen and oxygen atoms in total. The molecule has 16 rings (SSSR count). The van der Waals surface area contributed by atoms with E-state index >= 15 is 0 Å². The number of anilines is 6. The third-order valence-corrected chi connectivity index (χ3v) is 18.5. The Kier molecular flexibility index (Phi) is 11.3. The fourth-order valence-corrected chi connectivity index (χ4v) is 15.4. The highest BCUT2D eigenvalue weighted by molar-refractivity contribution is 6.21. The quantitative estimate of drug-likeness (QED) is 0.142. The van der Waals surface area contributed by atoms with Crippen LogP contribution in [0.2, 0.25) is 0 Å². The molecule has 13 aromatic carbocycles. The Morgan fingerprint density at radius 2 is 0.729 bits per heavy atom. The number of hydrogen-bond donors (Lipinski definition) is 0. The molecule has 408 valence electrons. The molecule has 0 bridgehead atoms. The Balaban J connectivity index is 0.931. The lowest BCUT2D eigenvalue weighted by atomic mass is 9.49. The summed E-state index contributed by atoms with van der Waals surface area (Å²) in [5.41, 5.74) is 18.7. The molecule has 0 saturated heterocycles. The molecule has 0 amide bonds. The van der Waals surface area contributed by atoms with E-state index in [1.54, 1.807) is 0 Å². The van der Waals surface area contributed by atoms with Gasteiger partial charge in [-0.15, -0.1) is 0 Å². The van der Waals surface area contributed by atoms with Crippen molar-refractivity contribution in [2.45, 2.75) is 47.0 Å². The average molecular weight is 1100 g/mol. The van der Waals surface area contributed by atoms with Crippen molar-refractivity contribution in [1.29, 1.82) is 0 Å². The number of para-hydroxylation sites is 4. The summed E-state index contributed by atoms with van der Waals surface area (Å²) in [4.78, 5) is 4.81. The molecule has 2 heterocycles. The van der Waals surface area contributed by atoms with Gasteiger partial charge < -0.3 is 18.6 Å². The van der Waals surface area contributed by atoms with Gasteiger partial charge in [-0.25, -0.2) is 0 Å². The maximum absolute atomic E-state index is 6.88. The second-order valence-corrected chi connectivity index (χ2v) is 25.2. The normalized spacial score (nSPS) is 13.2. The average Bonchev–Trinajstić information content (AvgIpc) is 1.57. The summed E-state index contributed by atoms with van der Waals surface area (Å²) >= 11 is 0. The van der Waals surface area contributed by atoms with Crippen molar-refractivity contribution in [3.05, 3.63) is 278 Å². The summed E-state index contributed by atoms with van der Waals surface area (Å²) in [5, 5.41) is 11.8. The molecule has 85 heavy (non-hydrogen) atoms. The zero-order chi connectivity index (χ0) is 57.3. The van der Waals surface area contributed by atoms with E-state index in [-0.39, 0.29) is 10.8 Å². The standard InChI is InChI=1S/C81H62N2O2/c1-79(2,3)81(80(4,5)6)75-60-45-42-58(82(56-29-19-27-53(47-56)51-23-9-7-10-24-51)70-37-21-35-66-62-32-15-17-39-72(62)84-77(66)70)49-55(60)41-44-68(75)74-64-34-14-13-31-61(64)69-50-59(43-46-65(69)76(74)81)83(57-30-20-28-54(48-57)52-25-11-8-12-26-52)71-38-22-36-67-63-33-16-18-40-73(63)85-78(67)71/h7-50H,1-6H3. The Labute approximate surface area is 495 Å². The summed E-state index contributed by atoms with van der Waals surface area (Å²) in [6, 6.07) is 97.5. The van der Waals surface area contributed by atoms with E-state index in [9.17, 15) is 0 Å². The highest BCUT2D eigenvalue weighted by atomic mass is 16.3. The van der Waals surface area contributed by atoms with Crippen LogP contribution in [0, 0.1) is 10.8 Å². The zero-order valence-corrected chi connectivity index (χ0v) is 48.6. The lowest BCUT2D eigenvalue weighted by Crippen LogP contribution is -2.50. The number of hydrogen-bond acceptors (Lipinski definition) is 4. The first kappa shape index (κ1) is 50.6. The molecule has 1 aliphatic carbocycles. The monoisotopic (exact) mass is 1090 g/mol. The molecular formula is C81H62N2O2. The zero-order valence-electron chi connectivity index (χ0n) is 48.6. The minimum absolute atomic E-state index is 0.270. The topological polar surface area (TPSA) is 32.8 Å². The van der Waals surface area contributed by atoms with E-state index in [1.165, 1.54) is 65.7 Å². The minimum atomic E-state index is -0.483. The number of nitrogens with zero attached hydrogens (tertiary/aromatic N) is 2. The molecule has 2 aromatic heterocycles. The molecule has 0 fully saturated rings. The highest BCUT2D eigenvalue weighted by Crippen LogP contribution is 2.69. The van der Waals surface area contributed by atoms with Crippen LogP contribution in [-0.4, -0.2) is 0 Å². The highest BCUT2D eigenvalue weighted by Gasteiger charge is 2.59. The summed E-state index contributed by atoms with van der Waals surface area (Å²) in [6.07, 6.45) is 0. The number of furan rings is 2. The van der Waals surface area contributed by atoms with Gasteiger partial charge in [0.1, 0.15) is 11.2 Å². The van der Waals surface area contributed by atoms with E-state index in [2.05, 4.69) is 318 Å². The molecule has 15 aromatic rings. The van der Waals surface area contributed by atoms with Crippen molar-refractivity contribution < 1.29 is 8.83 Å². The molecule has 0 unspecified atom stereocenters. The van der Waals surface area contributed by atoms with Crippen LogP contribution in [0.5, 0.6) is 0 Å². The van der Waals surface area contributed by atoms with Crippen molar-refractivity contribution >= 4 is 110 Å². The summed E-state index contributed by atoms with van der Waals surface area (Å²) in [5.74, 6) is 0. The van der Waals surface area contributed by atoms with Crippen molar-refractivity contribution in [2.75, 3.05) is 9.80 Å². The summed E-state index contributed by atoms with van der Waals surface area (Å²) in [6.45, 7) is 14.9. The van der Waals surface area contributed by atoms with Gasteiger partial charge in [0, 0.05) is 49.7 Å². The van der Waals surface area contributed by atoms with Crippen molar-refractivity contribution in [1.82, 2.24) is 0 Å². The van der Waals surface area contributed by atoms with E-state index in [0.717, 1.165) is 89.1 Å². The third kappa shape index (κ3) is 7.61. The third-order valence-electron chi connectivity index (χ3n) is 18.5. The first-order valence-electron chi connectivity index (χ1n) is 29.7. The first-order chi connectivity index (χ1) is 41.4. The molecule has 0 spiro atoms. The predicted molar refractivity (Wildman–Crippen MR) is 359 cm³/mol. The van der Waals surface area contributed by atoms with E-state index in [0.29, 0.717) is 0 Å². The number of fused-ring (bicyclic) bond motifs is 16. The number of rotatable bonds is 8. The van der Waals surface area contributed by atoms with Crippen LogP contribution in [-0.2, 0) is 5.41 Å². The fourth-order valence-electron chi connectivity index (χ4n) is 15.4. The SMILES string of the molecule is CC(C)(C)C1(C(C)(C)C)c2c(ccc3cc(N(c4cccc(-c5ccccc5)c4)c4cccc5c4oc4ccccc45)ccc23)-c2c1c1ccc(N(c3cccc(-c4ccccc4)c3)c3cccc4c3oc3ccccc34)cc1c1ccccc21. The molecular weight excluding hydrogens is 1030 g/mol. The first-order valence-corrected chi connectivity index (χ1v) is 29.7. The van der Waals surface area contributed by atoms with Gasteiger partial charge in [-0.05, 0) is 160 Å². The lowest BCUT2D eigenvalue weighted by molar-refractivity contribution is 0.0977. The Morgan fingerprint density at radius 3 is 1.27 bits per heavy atom. The Bertz CT molecular complexity index is 5150. The lowest BCUT2D eigenvalue weighted by Gasteiger charge is -2.54. The van der Waals surface area contributed by atoms with Crippen molar-refractivity contribution in [3.63, 3.8) is 0 Å². The van der Waals surface area contributed by atoms with Crippen LogP contribution in [0.1, 0.15) is 52.7 Å². The van der Waals surface area contributed by atoms with Crippen LogP contribution >= 0.6 is 0 Å². The second kappa shape index (κ2) is 18.9. The van der Waals surface area contributed by atoms with Gasteiger partial charge in [-0.2, -0.15) is 0 Å². The van der Waals surface area contributed by atoms with Gasteiger partial charge in [0.25, 0.3) is 0 Å². The van der Waals surface area contributed by atoms with Crippen LogP contribution in [0.3, 0.4) is 0 Å². The van der Waals surface area contributed by atoms with E-state index in [4.69, 9.17) is 8.83 Å². The van der Waals surface area contributed by atoms with Crippen molar-refractivity contribution in [3.8, 4) is 33.4 Å². The molecule has 0 atom stereocenters. The molecule has 0 aliphatic heterocycles. The fraction of sp³-hybridized carbons (Fsp3) is 0.111. The van der Waals surface area contributed by atoms with Gasteiger partial charge in [0.05, 0.1) is 11.4 Å². The van der Waals surface area contributed by atoms with Gasteiger partial charge in [-0.3, -0.25) is 0 Å². The van der Waals surface area contributed by atoms with E-state index in [1.807, 2.05) is 0 Å². The van der Waals surface area contributed by atoms with Crippen LogP contribution in [0.25, 0.3) is 110 Å². The van der Waals surface area contributed by atoms with E-state index < -0.39 is 5.41 Å². The van der Waals surface area contributed by atoms with Crippen LogP contribution in [0.4, 0.5) is 34.1 Å². The minimum Gasteiger partial charge on any atom is -0.454 e. The van der Waals surface area contributed by atoms with Crippen LogP contribution in [0.15, 0.2) is 276 Å². The Hall–Kier alpha value is -10.2. The van der Waals surface area contributed by atoms with Crippen LogP contribution < -0.4 is 9.80 Å². The maximum Gasteiger partial charge on any atom is 0.159 e. The maximum atomic E-state index is 6.88. The number of benzene rings is 13. The molecule has 4 heteroatoms. The van der Waals surface area contributed by atoms with Crippen molar-refractivity contribution in [2.24, 2.45) is 10.8 Å². The molecule has 0 saturated carbocycles. The van der Waals surface area contributed by atoms with Gasteiger partial charge in [0.15, 0.2) is 11.2 Å². The smallest absolute Gasteiger partial charge is 0.159 e. The molecule has 1 aliphatic rings. The summed E-state index contributed by atoms with van der Waals surface area (Å²) < 4.78 is 13.7. The Morgan fingerprint density at radius 1 is 0.294 bits per heavy atom. The predicted octanol–water partition coefficient (Wildman–Crippen LogP) is 23.6. The molecule has 0 N–H and O–H groups in total. The summed E-state index contributed by atoms with van der Waals surface area (Å²) in [7, 11) is 0. The van der Waals surface area contributed by atoms with Gasteiger partial charge in [0.2, 0.25) is 0 Å². The largest absolute Gasteiger partial charge is 0.454 e. The molecule has 0 radical (unpaired) electrons.